The van der Waals surface area contributed by atoms with Crippen LogP contribution in [0.2, 0.25) is 5.02 Å². The van der Waals surface area contributed by atoms with E-state index in [9.17, 15) is 9.90 Å². The van der Waals surface area contributed by atoms with E-state index in [-0.39, 0.29) is 6.42 Å². The van der Waals surface area contributed by atoms with Gasteiger partial charge in [0, 0.05) is 10.6 Å². The van der Waals surface area contributed by atoms with E-state index in [0.29, 0.717) is 22.2 Å². The summed E-state index contributed by atoms with van der Waals surface area (Å²) in [7, 11) is 1.22. The average molecular weight is 358 g/mol. The second kappa shape index (κ2) is 7.09. The number of hydrogen-bond donors (Lipinski definition) is 1. The zero-order valence-electron chi connectivity index (χ0n) is 13.5. The Morgan fingerprint density at radius 2 is 2.00 bits per heavy atom. The monoisotopic (exact) mass is 357 g/mol. The Kier molecular flexibility index (Phi) is 4.88. The number of ether oxygens (including phenoxy) is 1. The fourth-order valence-electron chi connectivity index (χ4n) is 2.56. The quantitative estimate of drug-likeness (QED) is 0.706. The molecule has 0 unspecified atom stereocenters. The predicted octanol–water partition coefficient (Wildman–Crippen LogP) is 3.60. The van der Waals surface area contributed by atoms with Gasteiger partial charge in [0.2, 0.25) is 5.89 Å². The topological polar surface area (TPSA) is 72.6 Å². The van der Waals surface area contributed by atoms with Crippen LogP contribution in [0.3, 0.4) is 0 Å². The molecule has 5 nitrogen and oxygen atoms in total. The maximum Gasteiger partial charge on any atom is 0.343 e. The lowest BCUT2D eigenvalue weighted by atomic mass is 9.89. The molecule has 0 radical (unpaired) electrons. The molecule has 0 fully saturated rings. The van der Waals surface area contributed by atoms with Gasteiger partial charge in [-0.25, -0.2) is 9.78 Å². The van der Waals surface area contributed by atoms with Crippen LogP contribution in [-0.4, -0.2) is 23.2 Å². The lowest BCUT2D eigenvalue weighted by Crippen LogP contribution is -2.39. The third kappa shape index (κ3) is 3.57. The van der Waals surface area contributed by atoms with Gasteiger partial charge in [0.1, 0.15) is 5.76 Å². The van der Waals surface area contributed by atoms with Crippen molar-refractivity contribution in [1.82, 2.24) is 4.98 Å². The van der Waals surface area contributed by atoms with E-state index in [1.807, 2.05) is 30.3 Å². The number of rotatable bonds is 5. The average Bonchev–Trinajstić information content (AvgIpc) is 3.10. The number of halogens is 1. The summed E-state index contributed by atoms with van der Waals surface area (Å²) in [4.78, 5) is 16.5. The van der Waals surface area contributed by atoms with E-state index in [1.54, 1.807) is 18.2 Å². The summed E-state index contributed by atoms with van der Waals surface area (Å²) in [6.45, 7) is 0. The molecule has 2 aromatic carbocycles. The molecular formula is C19H16ClNO4. The van der Waals surface area contributed by atoms with E-state index < -0.39 is 11.6 Å². The van der Waals surface area contributed by atoms with Gasteiger partial charge >= 0.3 is 5.97 Å². The molecule has 128 valence electrons. The number of aromatic nitrogens is 1. The maximum atomic E-state index is 12.2. The number of aliphatic hydroxyl groups is 1. The fraction of sp³-hybridized carbons (Fsp3) is 0.158. The van der Waals surface area contributed by atoms with Gasteiger partial charge in [-0.05, 0) is 29.8 Å². The molecule has 1 atom stereocenters. The van der Waals surface area contributed by atoms with Crippen LogP contribution in [0.15, 0.2) is 65.2 Å². The van der Waals surface area contributed by atoms with Gasteiger partial charge in [-0.2, -0.15) is 0 Å². The van der Waals surface area contributed by atoms with Crippen LogP contribution in [0.4, 0.5) is 0 Å². The van der Waals surface area contributed by atoms with Gasteiger partial charge < -0.3 is 14.3 Å². The summed E-state index contributed by atoms with van der Waals surface area (Å²) in [5, 5.41) is 11.4. The zero-order valence-corrected chi connectivity index (χ0v) is 14.2. The minimum Gasteiger partial charge on any atom is -0.467 e. The van der Waals surface area contributed by atoms with Crippen LogP contribution >= 0.6 is 11.6 Å². The van der Waals surface area contributed by atoms with E-state index in [0.717, 1.165) is 5.56 Å². The minimum atomic E-state index is -1.92. The Labute approximate surface area is 149 Å². The molecule has 0 aliphatic rings. The molecule has 1 aromatic heterocycles. The lowest BCUT2D eigenvalue weighted by Gasteiger charge is -2.24. The summed E-state index contributed by atoms with van der Waals surface area (Å²) in [5.74, 6) is -0.0342. The molecule has 0 spiro atoms. The summed E-state index contributed by atoms with van der Waals surface area (Å²) in [5.41, 5.74) is -0.796. The maximum absolute atomic E-state index is 12.2. The molecule has 0 aliphatic heterocycles. The molecule has 1 N–H and O–H groups in total. The van der Waals surface area contributed by atoms with Gasteiger partial charge in [-0.1, -0.05) is 41.9 Å². The number of hydrogen-bond acceptors (Lipinski definition) is 5. The second-order valence-corrected chi connectivity index (χ2v) is 5.97. The lowest BCUT2D eigenvalue weighted by molar-refractivity contribution is -0.163. The Morgan fingerprint density at radius 1 is 1.24 bits per heavy atom. The first-order valence-electron chi connectivity index (χ1n) is 7.60. The molecule has 6 heteroatoms. The van der Waals surface area contributed by atoms with Crippen molar-refractivity contribution < 1.29 is 19.1 Å². The third-order valence-electron chi connectivity index (χ3n) is 3.83. The van der Waals surface area contributed by atoms with E-state index in [1.165, 1.54) is 19.4 Å². The van der Waals surface area contributed by atoms with Gasteiger partial charge in [0.25, 0.3) is 0 Å². The molecule has 0 saturated heterocycles. The third-order valence-corrected chi connectivity index (χ3v) is 4.06. The predicted molar refractivity (Wildman–Crippen MR) is 93.0 cm³/mol. The first-order chi connectivity index (χ1) is 12.0. The van der Waals surface area contributed by atoms with Crippen LogP contribution in [0.5, 0.6) is 0 Å². The highest BCUT2D eigenvalue weighted by atomic mass is 35.5. The summed E-state index contributed by atoms with van der Waals surface area (Å²) >= 11 is 5.99. The summed E-state index contributed by atoms with van der Waals surface area (Å²) < 4.78 is 10.5. The number of benzene rings is 2. The van der Waals surface area contributed by atoms with Crippen molar-refractivity contribution in [2.75, 3.05) is 7.11 Å². The number of carbonyl (C=O) groups excluding carboxylic acids is 1. The summed E-state index contributed by atoms with van der Waals surface area (Å²) in [6, 6.07) is 15.8. The van der Waals surface area contributed by atoms with Crippen molar-refractivity contribution in [3.05, 3.63) is 77.1 Å². The highest BCUT2D eigenvalue weighted by molar-refractivity contribution is 6.30. The van der Waals surface area contributed by atoms with Gasteiger partial charge in [-0.3, -0.25) is 0 Å². The number of esters is 1. The smallest absolute Gasteiger partial charge is 0.343 e. The Morgan fingerprint density at radius 3 is 2.68 bits per heavy atom. The van der Waals surface area contributed by atoms with Crippen molar-refractivity contribution in [2.24, 2.45) is 0 Å². The van der Waals surface area contributed by atoms with E-state index in [4.69, 9.17) is 20.8 Å². The van der Waals surface area contributed by atoms with Crippen molar-refractivity contribution >= 4 is 17.6 Å². The molecule has 0 aliphatic carbocycles. The molecule has 25 heavy (non-hydrogen) atoms. The zero-order chi connectivity index (χ0) is 17.9. The van der Waals surface area contributed by atoms with Crippen LogP contribution in [-0.2, 0) is 21.6 Å². The first kappa shape index (κ1) is 17.2. The van der Waals surface area contributed by atoms with Crippen molar-refractivity contribution in [3.63, 3.8) is 0 Å². The molecule has 0 amide bonds. The molecule has 0 bridgehead atoms. The standard InChI is InChI=1S/C19H16ClNO4/c1-24-18(22)19(23,14-8-5-9-15(20)10-14)11-16-12-21-17(25-16)13-6-3-2-4-7-13/h2-10,12,23H,11H2,1H3/t19-/m0/s1. The SMILES string of the molecule is COC(=O)[C@](O)(Cc1cnc(-c2ccccc2)o1)c1cccc(Cl)c1. The minimum absolute atomic E-state index is 0.125. The Balaban J connectivity index is 1.94. The van der Waals surface area contributed by atoms with Crippen molar-refractivity contribution in [2.45, 2.75) is 12.0 Å². The normalized spacial score (nSPS) is 13.2. The second-order valence-electron chi connectivity index (χ2n) is 5.54. The van der Waals surface area contributed by atoms with Crippen LogP contribution in [0.1, 0.15) is 11.3 Å². The molecule has 3 aromatic rings. The molecular weight excluding hydrogens is 342 g/mol. The van der Waals surface area contributed by atoms with Crippen molar-refractivity contribution in [3.8, 4) is 11.5 Å². The molecule has 1 heterocycles. The number of oxazole rings is 1. The van der Waals surface area contributed by atoms with Crippen LogP contribution in [0, 0.1) is 0 Å². The van der Waals surface area contributed by atoms with E-state index in [2.05, 4.69) is 4.98 Å². The van der Waals surface area contributed by atoms with E-state index >= 15 is 0 Å². The molecule has 3 rings (SSSR count). The Hall–Kier alpha value is -2.63. The highest BCUT2D eigenvalue weighted by Crippen LogP contribution is 2.30. The number of nitrogens with zero attached hydrogens (tertiary/aromatic N) is 1. The van der Waals surface area contributed by atoms with Gasteiger partial charge in [0.15, 0.2) is 5.60 Å². The fourth-order valence-corrected chi connectivity index (χ4v) is 2.75. The number of methoxy groups -OCH3 is 1. The largest absolute Gasteiger partial charge is 0.467 e. The van der Waals surface area contributed by atoms with Crippen molar-refractivity contribution in [1.29, 1.82) is 0 Å². The van der Waals surface area contributed by atoms with Gasteiger partial charge in [-0.15, -0.1) is 0 Å². The Bertz CT molecular complexity index is 878. The molecule has 0 saturated carbocycles. The van der Waals surface area contributed by atoms with Gasteiger partial charge in [0.05, 0.1) is 19.7 Å². The number of carbonyl (C=O) groups is 1. The van der Waals surface area contributed by atoms with Crippen LogP contribution in [0.25, 0.3) is 11.5 Å². The highest BCUT2D eigenvalue weighted by Gasteiger charge is 2.41. The van der Waals surface area contributed by atoms with Crippen LogP contribution < -0.4 is 0 Å². The summed E-state index contributed by atoms with van der Waals surface area (Å²) in [6.07, 6.45) is 1.36. The first-order valence-corrected chi connectivity index (χ1v) is 7.97.